The molecule has 27 heavy (non-hydrogen) atoms. The number of para-hydroxylation sites is 1. The Labute approximate surface area is 159 Å². The van der Waals surface area contributed by atoms with Gasteiger partial charge >= 0.3 is 0 Å². The fourth-order valence-corrected chi connectivity index (χ4v) is 6.54. The van der Waals surface area contributed by atoms with E-state index in [0.717, 1.165) is 11.1 Å². The summed E-state index contributed by atoms with van der Waals surface area (Å²) >= 11 is 0. The average molecular weight is 386 g/mol. The summed E-state index contributed by atoms with van der Waals surface area (Å²) in [5.74, 6) is 0.0383. The van der Waals surface area contributed by atoms with Crippen LogP contribution in [0.15, 0.2) is 42.5 Å². The van der Waals surface area contributed by atoms with Crippen molar-refractivity contribution in [3.8, 4) is 5.75 Å². The summed E-state index contributed by atoms with van der Waals surface area (Å²) in [5.41, 5.74) is 3.04. The standard InChI is InChI=1S/C20H22N2O4S/c1-13-5-4-6-14(2)18(13)22-12-15-11-20(15,27(22,24)25)19(23)21-16-7-9-17(26-3)10-8-16/h4-10,15H,11-12H2,1-3H3,(H,21,23)/t15-,20+/m0/s1. The molecule has 0 unspecified atom stereocenters. The number of carbonyl (C=O) groups is 1. The van der Waals surface area contributed by atoms with E-state index >= 15 is 0 Å². The van der Waals surface area contributed by atoms with Crippen molar-refractivity contribution in [3.63, 3.8) is 0 Å². The lowest BCUT2D eigenvalue weighted by Gasteiger charge is -2.26. The Hall–Kier alpha value is -2.54. The number of nitrogens with one attached hydrogen (secondary N) is 1. The van der Waals surface area contributed by atoms with Crippen molar-refractivity contribution in [2.45, 2.75) is 25.0 Å². The Bertz CT molecular complexity index is 997. The number of benzene rings is 2. The van der Waals surface area contributed by atoms with Crippen molar-refractivity contribution in [3.05, 3.63) is 53.6 Å². The summed E-state index contributed by atoms with van der Waals surface area (Å²) in [7, 11) is -2.22. The number of methoxy groups -OCH3 is 1. The zero-order valence-corrected chi connectivity index (χ0v) is 16.3. The molecule has 0 spiro atoms. The highest BCUT2D eigenvalue weighted by molar-refractivity contribution is 7.95. The molecule has 0 radical (unpaired) electrons. The molecule has 1 aliphatic carbocycles. The van der Waals surface area contributed by atoms with E-state index < -0.39 is 20.7 Å². The van der Waals surface area contributed by atoms with E-state index in [4.69, 9.17) is 4.74 Å². The number of hydrogen-bond donors (Lipinski definition) is 1. The van der Waals surface area contributed by atoms with Crippen molar-refractivity contribution in [1.29, 1.82) is 0 Å². The maximum atomic E-state index is 13.3. The fraction of sp³-hybridized carbons (Fsp3) is 0.350. The van der Waals surface area contributed by atoms with Crippen LogP contribution in [-0.4, -0.2) is 32.7 Å². The molecule has 0 bridgehead atoms. The number of aryl methyl sites for hydroxylation is 2. The van der Waals surface area contributed by atoms with Crippen LogP contribution >= 0.6 is 0 Å². The molecule has 2 atom stereocenters. The summed E-state index contributed by atoms with van der Waals surface area (Å²) in [5, 5.41) is 2.77. The van der Waals surface area contributed by atoms with Gasteiger partial charge in [0, 0.05) is 18.2 Å². The number of carbonyl (C=O) groups excluding carboxylic acids is 1. The van der Waals surface area contributed by atoms with Gasteiger partial charge in [-0.3, -0.25) is 9.10 Å². The second-order valence-corrected chi connectivity index (χ2v) is 9.37. The molecule has 0 aromatic heterocycles. The van der Waals surface area contributed by atoms with Gasteiger partial charge in [0.05, 0.1) is 12.8 Å². The van der Waals surface area contributed by atoms with E-state index in [0.29, 0.717) is 30.1 Å². The van der Waals surface area contributed by atoms with Crippen LogP contribution in [0, 0.1) is 19.8 Å². The second-order valence-electron chi connectivity index (χ2n) is 7.25. The van der Waals surface area contributed by atoms with Crippen LogP contribution in [0.25, 0.3) is 0 Å². The molecule has 2 aromatic carbocycles. The summed E-state index contributed by atoms with van der Waals surface area (Å²) in [4.78, 5) is 12.9. The van der Waals surface area contributed by atoms with Crippen molar-refractivity contribution in [2.75, 3.05) is 23.3 Å². The number of ether oxygens (including phenoxy) is 1. The lowest BCUT2D eigenvalue weighted by atomic mass is 10.1. The Morgan fingerprint density at radius 1 is 1.15 bits per heavy atom. The van der Waals surface area contributed by atoms with Gasteiger partial charge in [0.2, 0.25) is 15.9 Å². The van der Waals surface area contributed by atoms with Crippen LogP contribution < -0.4 is 14.4 Å². The molecule has 1 saturated carbocycles. The van der Waals surface area contributed by atoms with Gasteiger partial charge < -0.3 is 10.1 Å². The molecular formula is C20H22N2O4S. The molecule has 1 heterocycles. The molecule has 2 fully saturated rings. The highest BCUT2D eigenvalue weighted by atomic mass is 32.2. The second kappa shape index (κ2) is 5.99. The zero-order valence-electron chi connectivity index (χ0n) is 15.5. The largest absolute Gasteiger partial charge is 0.497 e. The number of nitrogens with zero attached hydrogens (tertiary/aromatic N) is 1. The molecule has 1 N–H and O–H groups in total. The number of hydrogen-bond acceptors (Lipinski definition) is 4. The first-order valence-electron chi connectivity index (χ1n) is 8.85. The van der Waals surface area contributed by atoms with Gasteiger partial charge in [-0.15, -0.1) is 0 Å². The molecule has 142 valence electrons. The van der Waals surface area contributed by atoms with Crippen LogP contribution in [0.3, 0.4) is 0 Å². The number of fused-ring (bicyclic) bond motifs is 1. The first-order valence-corrected chi connectivity index (χ1v) is 10.3. The Morgan fingerprint density at radius 2 is 1.78 bits per heavy atom. The summed E-state index contributed by atoms with van der Waals surface area (Å²) < 4.78 is 31.9. The molecule has 2 aliphatic rings. The minimum atomic E-state index is -3.79. The zero-order chi connectivity index (χ0) is 19.4. The maximum Gasteiger partial charge on any atom is 0.250 e. The highest BCUT2D eigenvalue weighted by Crippen LogP contribution is 2.59. The predicted molar refractivity (Wildman–Crippen MR) is 105 cm³/mol. The quantitative estimate of drug-likeness (QED) is 0.877. The molecular weight excluding hydrogens is 364 g/mol. The number of amides is 1. The van der Waals surface area contributed by atoms with Gasteiger partial charge in [-0.25, -0.2) is 8.42 Å². The Balaban J connectivity index is 1.63. The average Bonchev–Trinajstić information content (AvgIpc) is 3.32. The van der Waals surface area contributed by atoms with Crippen LogP contribution in [0.1, 0.15) is 17.5 Å². The predicted octanol–water partition coefficient (Wildman–Crippen LogP) is 2.86. The van der Waals surface area contributed by atoms with Gasteiger partial charge in [0.1, 0.15) is 5.75 Å². The highest BCUT2D eigenvalue weighted by Gasteiger charge is 2.75. The lowest BCUT2D eigenvalue weighted by molar-refractivity contribution is -0.116. The number of anilines is 2. The van der Waals surface area contributed by atoms with Gasteiger partial charge in [0.15, 0.2) is 4.75 Å². The van der Waals surface area contributed by atoms with E-state index in [1.165, 1.54) is 4.31 Å². The SMILES string of the molecule is COc1ccc(NC(=O)[C@@]23C[C@H]2CN(c2c(C)cccc2C)S3(=O)=O)cc1. The maximum absolute atomic E-state index is 13.3. The number of rotatable bonds is 4. The smallest absolute Gasteiger partial charge is 0.250 e. The summed E-state index contributed by atoms with van der Waals surface area (Å²) in [6, 6.07) is 12.6. The van der Waals surface area contributed by atoms with E-state index in [1.807, 2.05) is 32.0 Å². The van der Waals surface area contributed by atoms with E-state index in [-0.39, 0.29) is 5.92 Å². The third-order valence-electron chi connectivity index (χ3n) is 5.61. The van der Waals surface area contributed by atoms with E-state index in [2.05, 4.69) is 5.32 Å². The van der Waals surface area contributed by atoms with Gasteiger partial charge in [-0.2, -0.15) is 0 Å². The van der Waals surface area contributed by atoms with Crippen molar-refractivity contribution < 1.29 is 17.9 Å². The monoisotopic (exact) mass is 386 g/mol. The van der Waals surface area contributed by atoms with Gasteiger partial charge in [-0.05, 0) is 55.7 Å². The third-order valence-corrected chi connectivity index (χ3v) is 8.12. The van der Waals surface area contributed by atoms with E-state index in [9.17, 15) is 13.2 Å². The molecule has 1 saturated heterocycles. The summed E-state index contributed by atoms with van der Waals surface area (Å²) in [6.45, 7) is 4.14. The molecule has 1 aliphatic heterocycles. The molecule has 7 heteroatoms. The fourth-order valence-electron chi connectivity index (χ4n) is 4.05. The van der Waals surface area contributed by atoms with E-state index in [1.54, 1.807) is 31.4 Å². The molecule has 6 nitrogen and oxygen atoms in total. The van der Waals surface area contributed by atoms with Crippen LogP contribution in [0.4, 0.5) is 11.4 Å². The van der Waals surface area contributed by atoms with Crippen molar-refractivity contribution in [1.82, 2.24) is 0 Å². The normalized spacial score (nSPS) is 25.0. The Morgan fingerprint density at radius 3 is 2.37 bits per heavy atom. The lowest BCUT2D eigenvalue weighted by Crippen LogP contribution is -2.42. The first-order chi connectivity index (χ1) is 12.8. The summed E-state index contributed by atoms with van der Waals surface area (Å²) in [6.07, 6.45) is 0.374. The minimum absolute atomic E-state index is 0.181. The van der Waals surface area contributed by atoms with Crippen LogP contribution in [-0.2, 0) is 14.8 Å². The number of sulfonamides is 1. The Kier molecular flexibility index (Phi) is 3.96. The minimum Gasteiger partial charge on any atom is -0.497 e. The van der Waals surface area contributed by atoms with Gasteiger partial charge in [-0.1, -0.05) is 18.2 Å². The first kappa shape index (κ1) is 17.9. The molecule has 4 rings (SSSR count). The van der Waals surface area contributed by atoms with Crippen molar-refractivity contribution >= 4 is 27.3 Å². The molecule has 2 aromatic rings. The van der Waals surface area contributed by atoms with Crippen LogP contribution in [0.5, 0.6) is 5.75 Å². The topological polar surface area (TPSA) is 75.7 Å². The van der Waals surface area contributed by atoms with Crippen LogP contribution in [0.2, 0.25) is 0 Å². The van der Waals surface area contributed by atoms with Crippen molar-refractivity contribution in [2.24, 2.45) is 5.92 Å². The molecule has 1 amide bonds. The van der Waals surface area contributed by atoms with Gasteiger partial charge in [0.25, 0.3) is 0 Å². The third kappa shape index (κ3) is 2.52.